The van der Waals surface area contributed by atoms with E-state index in [1.807, 2.05) is 16.8 Å². The summed E-state index contributed by atoms with van der Waals surface area (Å²) in [6.07, 6.45) is 5.03. The molecule has 0 saturated heterocycles. The number of amides is 1. The molecule has 102 valence electrons. The fourth-order valence-corrected chi connectivity index (χ4v) is 2.23. The summed E-state index contributed by atoms with van der Waals surface area (Å²) >= 11 is 5.17. The van der Waals surface area contributed by atoms with E-state index in [2.05, 4.69) is 48.3 Å². The SMILES string of the molecule is CCCn1cc(Br)cc1C(=O)NCC(C)(C)SC. The topological polar surface area (TPSA) is 34.0 Å². The van der Waals surface area contributed by atoms with E-state index in [9.17, 15) is 4.79 Å². The molecule has 0 bridgehead atoms. The summed E-state index contributed by atoms with van der Waals surface area (Å²) in [6, 6.07) is 1.87. The second kappa shape index (κ2) is 6.66. The monoisotopic (exact) mass is 332 g/mol. The molecule has 3 nitrogen and oxygen atoms in total. The van der Waals surface area contributed by atoms with Gasteiger partial charge in [-0.25, -0.2) is 0 Å². The van der Waals surface area contributed by atoms with Gasteiger partial charge >= 0.3 is 0 Å². The number of nitrogens with zero attached hydrogens (tertiary/aromatic N) is 1. The summed E-state index contributed by atoms with van der Waals surface area (Å²) in [5, 5.41) is 3.00. The van der Waals surface area contributed by atoms with Gasteiger partial charge < -0.3 is 9.88 Å². The van der Waals surface area contributed by atoms with Gasteiger partial charge in [0.2, 0.25) is 0 Å². The molecule has 1 N–H and O–H groups in total. The average Bonchev–Trinajstić information content (AvgIpc) is 2.68. The highest BCUT2D eigenvalue weighted by molar-refractivity contribution is 9.10. The van der Waals surface area contributed by atoms with Crippen LogP contribution >= 0.6 is 27.7 Å². The Labute approximate surface area is 122 Å². The Morgan fingerprint density at radius 3 is 2.78 bits per heavy atom. The van der Waals surface area contributed by atoms with Gasteiger partial charge in [-0.1, -0.05) is 6.92 Å². The molecular weight excluding hydrogens is 312 g/mol. The van der Waals surface area contributed by atoms with Crippen LogP contribution in [0.1, 0.15) is 37.7 Å². The second-order valence-corrected chi connectivity index (χ2v) is 7.31. The van der Waals surface area contributed by atoms with Gasteiger partial charge in [-0.15, -0.1) is 0 Å². The van der Waals surface area contributed by atoms with E-state index in [-0.39, 0.29) is 10.7 Å². The summed E-state index contributed by atoms with van der Waals surface area (Å²) in [6.45, 7) is 7.88. The first kappa shape index (κ1) is 15.6. The minimum atomic E-state index is -0.00345. The molecule has 0 aliphatic carbocycles. The Balaban J connectivity index is 2.72. The van der Waals surface area contributed by atoms with Gasteiger partial charge in [0.15, 0.2) is 0 Å². The van der Waals surface area contributed by atoms with Crippen molar-refractivity contribution in [2.75, 3.05) is 12.8 Å². The van der Waals surface area contributed by atoms with Gasteiger partial charge in [0.25, 0.3) is 5.91 Å². The van der Waals surface area contributed by atoms with Gasteiger partial charge in [0.1, 0.15) is 5.69 Å². The lowest BCUT2D eigenvalue weighted by atomic mass is 10.2. The van der Waals surface area contributed by atoms with Crippen LogP contribution in [0.2, 0.25) is 0 Å². The number of carbonyl (C=O) groups is 1. The lowest BCUT2D eigenvalue weighted by Gasteiger charge is -2.22. The molecule has 0 aromatic carbocycles. The number of nitrogens with one attached hydrogen (secondary N) is 1. The molecule has 18 heavy (non-hydrogen) atoms. The Morgan fingerprint density at radius 1 is 1.56 bits per heavy atom. The third kappa shape index (κ3) is 4.35. The fourth-order valence-electron chi connectivity index (χ4n) is 1.55. The highest BCUT2D eigenvalue weighted by Crippen LogP contribution is 2.20. The zero-order valence-electron chi connectivity index (χ0n) is 11.4. The number of hydrogen-bond acceptors (Lipinski definition) is 2. The van der Waals surface area contributed by atoms with Crippen LogP contribution in [0.5, 0.6) is 0 Å². The number of rotatable bonds is 6. The molecule has 1 heterocycles. The Kier molecular flexibility index (Phi) is 5.79. The Morgan fingerprint density at radius 2 is 2.22 bits per heavy atom. The molecule has 0 fully saturated rings. The number of thioether (sulfide) groups is 1. The predicted molar refractivity (Wildman–Crippen MR) is 82.4 cm³/mol. The van der Waals surface area contributed by atoms with Gasteiger partial charge in [-0.05, 0) is 48.5 Å². The molecule has 0 unspecified atom stereocenters. The maximum Gasteiger partial charge on any atom is 0.267 e. The summed E-state index contributed by atoms with van der Waals surface area (Å²) in [4.78, 5) is 12.2. The van der Waals surface area contributed by atoms with Crippen molar-refractivity contribution in [1.29, 1.82) is 0 Å². The Bertz CT molecular complexity index is 415. The number of carbonyl (C=O) groups excluding carboxylic acids is 1. The van der Waals surface area contributed by atoms with E-state index >= 15 is 0 Å². The van der Waals surface area contributed by atoms with E-state index in [4.69, 9.17) is 0 Å². The molecule has 5 heteroatoms. The van der Waals surface area contributed by atoms with Crippen LogP contribution in [-0.2, 0) is 6.54 Å². The molecule has 1 rings (SSSR count). The first-order chi connectivity index (χ1) is 8.39. The van der Waals surface area contributed by atoms with Crippen molar-refractivity contribution in [3.8, 4) is 0 Å². The van der Waals surface area contributed by atoms with E-state index < -0.39 is 0 Å². The Hall–Kier alpha value is -0.420. The molecule has 0 saturated carbocycles. The maximum absolute atomic E-state index is 12.2. The highest BCUT2D eigenvalue weighted by atomic mass is 79.9. The zero-order chi connectivity index (χ0) is 13.8. The van der Waals surface area contributed by atoms with Crippen molar-refractivity contribution in [1.82, 2.24) is 9.88 Å². The summed E-state index contributed by atoms with van der Waals surface area (Å²) < 4.78 is 3.01. The molecule has 0 spiro atoms. The first-order valence-corrected chi connectivity index (χ1v) is 8.10. The molecule has 1 amide bonds. The quantitative estimate of drug-likeness (QED) is 0.864. The van der Waals surface area contributed by atoms with E-state index in [0.29, 0.717) is 6.54 Å². The normalized spacial score (nSPS) is 11.6. The summed E-state index contributed by atoms with van der Waals surface area (Å²) in [5.74, 6) is -0.00345. The van der Waals surface area contributed by atoms with Crippen LogP contribution in [0.15, 0.2) is 16.7 Å². The highest BCUT2D eigenvalue weighted by Gasteiger charge is 2.19. The van der Waals surface area contributed by atoms with Crippen molar-refractivity contribution in [3.63, 3.8) is 0 Å². The number of hydrogen-bond donors (Lipinski definition) is 1. The van der Waals surface area contributed by atoms with E-state index in [0.717, 1.165) is 23.1 Å². The van der Waals surface area contributed by atoms with Crippen LogP contribution in [-0.4, -0.2) is 28.0 Å². The third-order valence-corrected chi connectivity index (χ3v) is 4.47. The van der Waals surface area contributed by atoms with Crippen molar-refractivity contribution >= 4 is 33.6 Å². The standard InChI is InChI=1S/C13H21BrN2OS/c1-5-6-16-8-10(14)7-11(16)12(17)15-9-13(2,3)18-4/h7-8H,5-6,9H2,1-4H3,(H,15,17). The molecule has 0 radical (unpaired) electrons. The number of aromatic nitrogens is 1. The summed E-state index contributed by atoms with van der Waals surface area (Å²) in [5.41, 5.74) is 0.723. The van der Waals surface area contributed by atoms with Crippen molar-refractivity contribution in [3.05, 3.63) is 22.4 Å². The molecular formula is C13H21BrN2OS. The average molecular weight is 333 g/mol. The molecule has 0 atom stereocenters. The molecule has 0 aliphatic rings. The van der Waals surface area contributed by atoms with Crippen LogP contribution in [0.25, 0.3) is 0 Å². The van der Waals surface area contributed by atoms with Gasteiger partial charge in [0, 0.05) is 28.5 Å². The van der Waals surface area contributed by atoms with Crippen LogP contribution in [0, 0.1) is 0 Å². The van der Waals surface area contributed by atoms with Crippen molar-refractivity contribution in [2.45, 2.75) is 38.5 Å². The zero-order valence-corrected chi connectivity index (χ0v) is 13.8. The lowest BCUT2D eigenvalue weighted by Crippen LogP contribution is -2.36. The minimum absolute atomic E-state index is 0.00345. The number of aryl methyl sites for hydroxylation is 1. The van der Waals surface area contributed by atoms with Crippen LogP contribution < -0.4 is 5.32 Å². The van der Waals surface area contributed by atoms with Crippen molar-refractivity contribution < 1.29 is 4.79 Å². The largest absolute Gasteiger partial charge is 0.349 e. The lowest BCUT2D eigenvalue weighted by molar-refractivity contribution is 0.0941. The molecule has 1 aromatic heterocycles. The van der Waals surface area contributed by atoms with E-state index in [1.54, 1.807) is 11.8 Å². The fraction of sp³-hybridized carbons (Fsp3) is 0.615. The molecule has 0 aliphatic heterocycles. The van der Waals surface area contributed by atoms with E-state index in [1.165, 1.54) is 0 Å². The number of halogens is 1. The van der Waals surface area contributed by atoms with Gasteiger partial charge in [-0.2, -0.15) is 11.8 Å². The van der Waals surface area contributed by atoms with Crippen LogP contribution in [0.3, 0.4) is 0 Å². The minimum Gasteiger partial charge on any atom is -0.349 e. The van der Waals surface area contributed by atoms with Crippen LogP contribution in [0.4, 0.5) is 0 Å². The van der Waals surface area contributed by atoms with Crippen molar-refractivity contribution in [2.24, 2.45) is 0 Å². The molecule has 1 aromatic rings. The third-order valence-electron chi connectivity index (χ3n) is 2.79. The second-order valence-electron chi connectivity index (χ2n) is 4.88. The van der Waals surface area contributed by atoms with Gasteiger partial charge in [0.05, 0.1) is 0 Å². The van der Waals surface area contributed by atoms with Gasteiger partial charge in [-0.3, -0.25) is 4.79 Å². The predicted octanol–water partition coefficient (Wildman–Crippen LogP) is 3.53. The summed E-state index contributed by atoms with van der Waals surface area (Å²) in [7, 11) is 0. The smallest absolute Gasteiger partial charge is 0.267 e. The first-order valence-electron chi connectivity index (χ1n) is 6.08. The maximum atomic E-state index is 12.2.